The van der Waals surface area contributed by atoms with Crippen LogP contribution in [0, 0.1) is 0 Å². The van der Waals surface area contributed by atoms with Gasteiger partial charge in [0.05, 0.1) is 0 Å². The van der Waals surface area contributed by atoms with Crippen molar-refractivity contribution in [2.45, 2.75) is 32.2 Å². The first-order chi connectivity index (χ1) is 8.88. The Bertz CT molecular complexity index is 399. The number of likely N-dealkylation sites (N-methyl/N-ethyl adjacent to an activating group) is 1. The summed E-state index contributed by atoms with van der Waals surface area (Å²) in [5.41, 5.74) is 0. The second kappa shape index (κ2) is 7.18. The van der Waals surface area contributed by atoms with Crippen molar-refractivity contribution in [2.24, 2.45) is 0 Å². The van der Waals surface area contributed by atoms with Gasteiger partial charge in [-0.1, -0.05) is 6.92 Å². The van der Waals surface area contributed by atoms with E-state index in [0.717, 1.165) is 17.3 Å². The van der Waals surface area contributed by atoms with Crippen LogP contribution in [-0.2, 0) is 15.0 Å². The fourth-order valence-electron chi connectivity index (χ4n) is 2.05. The van der Waals surface area contributed by atoms with Gasteiger partial charge >= 0.3 is 5.97 Å². The van der Waals surface area contributed by atoms with Gasteiger partial charge in [-0.15, -0.1) is 0 Å². The van der Waals surface area contributed by atoms with Crippen molar-refractivity contribution >= 4 is 16.2 Å². The molecule has 1 saturated heterocycles. The number of hydrogen-bond donors (Lipinski definition) is 2. The smallest absolute Gasteiger partial charge is 0.322 e. The molecule has 7 nitrogen and oxygen atoms in total. The van der Waals surface area contributed by atoms with E-state index in [1.807, 2.05) is 18.9 Å². The highest BCUT2D eigenvalue weighted by Crippen LogP contribution is 2.19. The average molecular weight is 293 g/mol. The van der Waals surface area contributed by atoms with E-state index in [1.165, 1.54) is 0 Å². The van der Waals surface area contributed by atoms with Gasteiger partial charge in [-0.25, -0.2) is 4.72 Å². The highest BCUT2D eigenvalue weighted by molar-refractivity contribution is 7.87. The van der Waals surface area contributed by atoms with Gasteiger partial charge in [0.15, 0.2) is 0 Å². The Labute approximate surface area is 114 Å². The maximum atomic E-state index is 12.1. The third kappa shape index (κ3) is 4.72. The van der Waals surface area contributed by atoms with Crippen LogP contribution in [0.1, 0.15) is 26.2 Å². The van der Waals surface area contributed by atoms with E-state index in [9.17, 15) is 13.2 Å². The zero-order valence-corrected chi connectivity index (χ0v) is 12.3. The largest absolute Gasteiger partial charge is 0.480 e. The lowest BCUT2D eigenvalue weighted by Gasteiger charge is -2.31. The zero-order valence-electron chi connectivity index (χ0n) is 11.5. The Balaban J connectivity index is 2.61. The third-order valence-electron chi connectivity index (χ3n) is 3.37. The van der Waals surface area contributed by atoms with Crippen LogP contribution in [0.15, 0.2) is 0 Å². The Morgan fingerprint density at radius 3 is 2.74 bits per heavy atom. The number of carboxylic acids is 1. The minimum atomic E-state index is -3.71. The van der Waals surface area contributed by atoms with E-state index < -0.39 is 22.2 Å². The molecule has 1 atom stereocenters. The number of rotatable bonds is 7. The molecule has 112 valence electrons. The van der Waals surface area contributed by atoms with Gasteiger partial charge < -0.3 is 10.0 Å². The summed E-state index contributed by atoms with van der Waals surface area (Å²) in [5.74, 6) is -1.07. The Hall–Kier alpha value is -0.700. The zero-order chi connectivity index (χ0) is 14.5. The molecule has 8 heteroatoms. The Morgan fingerprint density at radius 1 is 1.47 bits per heavy atom. The van der Waals surface area contributed by atoms with E-state index >= 15 is 0 Å². The molecular formula is C11H23N3O4S. The first kappa shape index (κ1) is 16.4. The van der Waals surface area contributed by atoms with Crippen molar-refractivity contribution in [3.8, 4) is 0 Å². The number of carboxylic acid groups (broad SMARTS) is 1. The van der Waals surface area contributed by atoms with Crippen molar-refractivity contribution in [3.05, 3.63) is 0 Å². The molecule has 0 radical (unpaired) electrons. The average Bonchev–Trinajstić information content (AvgIpc) is 2.38. The lowest BCUT2D eigenvalue weighted by atomic mass is 10.1. The molecule has 0 spiro atoms. The molecule has 1 fully saturated rings. The second-order valence-electron chi connectivity index (χ2n) is 4.76. The number of nitrogens with one attached hydrogen (secondary N) is 1. The fraction of sp³-hybridized carbons (Fsp3) is 0.909. The van der Waals surface area contributed by atoms with Crippen LogP contribution < -0.4 is 4.72 Å². The van der Waals surface area contributed by atoms with Gasteiger partial charge in [0.25, 0.3) is 10.2 Å². The Kier molecular flexibility index (Phi) is 6.18. The lowest BCUT2D eigenvalue weighted by molar-refractivity contribution is -0.142. The van der Waals surface area contributed by atoms with Crippen LogP contribution in [-0.4, -0.2) is 68.0 Å². The van der Waals surface area contributed by atoms with E-state index in [-0.39, 0.29) is 13.1 Å². The maximum absolute atomic E-state index is 12.1. The van der Waals surface area contributed by atoms with E-state index in [2.05, 4.69) is 4.72 Å². The number of nitrogens with zero attached hydrogens (tertiary/aromatic N) is 2. The number of hydrogen-bond acceptors (Lipinski definition) is 4. The number of carbonyl (C=O) groups is 1. The van der Waals surface area contributed by atoms with Crippen LogP contribution in [0.2, 0.25) is 0 Å². The lowest BCUT2D eigenvalue weighted by Crippen LogP contribution is -2.52. The van der Waals surface area contributed by atoms with Gasteiger partial charge in [0, 0.05) is 19.6 Å². The van der Waals surface area contributed by atoms with Gasteiger partial charge in [0.2, 0.25) is 0 Å². The molecule has 0 aliphatic carbocycles. The van der Waals surface area contributed by atoms with Crippen molar-refractivity contribution in [1.82, 2.24) is 13.9 Å². The minimum Gasteiger partial charge on any atom is -0.480 e. The van der Waals surface area contributed by atoms with E-state index in [4.69, 9.17) is 5.11 Å². The van der Waals surface area contributed by atoms with Crippen LogP contribution in [0.4, 0.5) is 0 Å². The predicted molar refractivity (Wildman–Crippen MR) is 72.1 cm³/mol. The van der Waals surface area contributed by atoms with Gasteiger partial charge in [-0.2, -0.15) is 12.7 Å². The monoisotopic (exact) mass is 293 g/mol. The summed E-state index contributed by atoms with van der Waals surface area (Å²) in [5, 5.41) is 9.08. The SMILES string of the molecule is CCN(C)CCNS(=O)(=O)N1CCCCC1C(=O)O. The topological polar surface area (TPSA) is 90.0 Å². The molecule has 0 aromatic heterocycles. The summed E-state index contributed by atoms with van der Waals surface area (Å²) in [7, 11) is -1.81. The van der Waals surface area contributed by atoms with Crippen molar-refractivity contribution in [1.29, 1.82) is 0 Å². The van der Waals surface area contributed by atoms with Crippen LogP contribution in [0.3, 0.4) is 0 Å². The quantitative estimate of drug-likeness (QED) is 0.673. The highest BCUT2D eigenvalue weighted by Gasteiger charge is 2.36. The van der Waals surface area contributed by atoms with Gasteiger partial charge in [-0.05, 0) is 32.9 Å². The van der Waals surface area contributed by atoms with Gasteiger partial charge in [-0.3, -0.25) is 4.79 Å². The summed E-state index contributed by atoms with van der Waals surface area (Å²) in [6.07, 6.45) is 1.84. The molecule has 0 aromatic rings. The molecule has 1 heterocycles. The van der Waals surface area contributed by atoms with Crippen molar-refractivity contribution in [2.75, 3.05) is 33.2 Å². The Morgan fingerprint density at radius 2 is 2.16 bits per heavy atom. The van der Waals surface area contributed by atoms with Crippen LogP contribution in [0.5, 0.6) is 0 Å². The molecule has 1 aliphatic rings. The van der Waals surface area contributed by atoms with Gasteiger partial charge in [0.1, 0.15) is 6.04 Å². The highest BCUT2D eigenvalue weighted by atomic mass is 32.2. The molecule has 0 saturated carbocycles. The molecule has 1 unspecified atom stereocenters. The molecule has 0 bridgehead atoms. The summed E-state index contributed by atoms with van der Waals surface area (Å²) in [6.45, 7) is 3.98. The summed E-state index contributed by atoms with van der Waals surface area (Å²) >= 11 is 0. The summed E-state index contributed by atoms with van der Waals surface area (Å²) < 4.78 is 27.8. The summed E-state index contributed by atoms with van der Waals surface area (Å²) in [4.78, 5) is 13.1. The first-order valence-electron chi connectivity index (χ1n) is 6.56. The third-order valence-corrected chi connectivity index (χ3v) is 4.99. The number of aliphatic carboxylic acids is 1. The van der Waals surface area contributed by atoms with Crippen molar-refractivity contribution in [3.63, 3.8) is 0 Å². The molecule has 0 amide bonds. The standard InChI is InChI=1S/C11H23N3O4S/c1-3-13(2)9-7-12-19(17,18)14-8-5-4-6-10(14)11(15)16/h10,12H,3-9H2,1-2H3,(H,15,16). The molecule has 0 aromatic carbocycles. The van der Waals surface area contributed by atoms with Crippen LogP contribution >= 0.6 is 0 Å². The number of piperidine rings is 1. The molecule has 19 heavy (non-hydrogen) atoms. The maximum Gasteiger partial charge on any atom is 0.322 e. The molecule has 2 N–H and O–H groups in total. The minimum absolute atomic E-state index is 0.274. The predicted octanol–water partition coefficient (Wildman–Crippen LogP) is -0.288. The molecule has 1 aliphatic heterocycles. The van der Waals surface area contributed by atoms with Crippen LogP contribution in [0.25, 0.3) is 0 Å². The van der Waals surface area contributed by atoms with E-state index in [0.29, 0.717) is 19.4 Å². The fourth-order valence-corrected chi connectivity index (χ4v) is 3.46. The first-order valence-corrected chi connectivity index (χ1v) is 8.00. The van der Waals surface area contributed by atoms with E-state index in [1.54, 1.807) is 0 Å². The van der Waals surface area contributed by atoms with Crippen molar-refractivity contribution < 1.29 is 18.3 Å². The molecule has 1 rings (SSSR count). The normalized spacial score (nSPS) is 21.7. The summed E-state index contributed by atoms with van der Waals surface area (Å²) in [6, 6.07) is -0.935. The second-order valence-corrected chi connectivity index (χ2v) is 6.46. The molecular weight excluding hydrogens is 270 g/mol.